The van der Waals surface area contributed by atoms with E-state index in [4.69, 9.17) is 9.57 Å². The van der Waals surface area contributed by atoms with Crippen LogP contribution in [0.5, 0.6) is 0 Å². The molecule has 0 spiro atoms. The third-order valence-electron chi connectivity index (χ3n) is 4.09. The molecule has 1 aromatic carbocycles. The van der Waals surface area contributed by atoms with Crippen molar-refractivity contribution in [3.8, 4) is 0 Å². The van der Waals surface area contributed by atoms with Crippen molar-refractivity contribution in [2.24, 2.45) is 5.41 Å². The van der Waals surface area contributed by atoms with E-state index >= 15 is 0 Å². The van der Waals surface area contributed by atoms with Gasteiger partial charge in [0.2, 0.25) is 0 Å². The zero-order valence-corrected chi connectivity index (χ0v) is 11.5. The highest BCUT2D eigenvalue weighted by Gasteiger charge is 2.44. The van der Waals surface area contributed by atoms with Gasteiger partial charge in [0.15, 0.2) is 0 Å². The predicted octanol–water partition coefficient (Wildman–Crippen LogP) is 2.46. The Morgan fingerprint density at radius 1 is 1.35 bits per heavy atom. The lowest BCUT2D eigenvalue weighted by Gasteiger charge is -2.30. The molecule has 108 valence electrons. The van der Waals surface area contributed by atoms with Crippen LogP contribution in [0.3, 0.4) is 0 Å². The summed E-state index contributed by atoms with van der Waals surface area (Å²) < 4.78 is 18.4. The van der Waals surface area contributed by atoms with Crippen LogP contribution in [0.25, 0.3) is 0 Å². The summed E-state index contributed by atoms with van der Waals surface area (Å²) in [6, 6.07) is 6.11. The van der Waals surface area contributed by atoms with Crippen LogP contribution < -0.4 is 0 Å². The standard InChI is InChI=1S/C15H18FNO3/c1-15(7-9-19-10-15)14(18)17-13(6-8-20-17)11-2-4-12(16)5-3-11/h2-5,13H,6-10H2,1H3/t13-,15+/m0/s1. The predicted molar refractivity (Wildman–Crippen MR) is 70.1 cm³/mol. The van der Waals surface area contributed by atoms with Gasteiger partial charge in [-0.05, 0) is 31.0 Å². The average Bonchev–Trinajstić information content (AvgIpc) is 3.08. The number of carbonyl (C=O) groups excluding carboxylic acids is 1. The summed E-state index contributed by atoms with van der Waals surface area (Å²) in [7, 11) is 0. The molecule has 2 atom stereocenters. The van der Waals surface area contributed by atoms with Gasteiger partial charge in [-0.3, -0.25) is 9.63 Å². The van der Waals surface area contributed by atoms with Gasteiger partial charge >= 0.3 is 0 Å². The summed E-state index contributed by atoms with van der Waals surface area (Å²) in [6.45, 7) is 3.45. The quantitative estimate of drug-likeness (QED) is 0.834. The second-order valence-electron chi connectivity index (χ2n) is 5.68. The smallest absolute Gasteiger partial charge is 0.255 e. The van der Waals surface area contributed by atoms with E-state index in [1.54, 1.807) is 12.1 Å². The van der Waals surface area contributed by atoms with E-state index in [0.717, 1.165) is 12.0 Å². The minimum absolute atomic E-state index is 0.0400. The fourth-order valence-corrected chi connectivity index (χ4v) is 2.76. The zero-order valence-electron chi connectivity index (χ0n) is 11.5. The van der Waals surface area contributed by atoms with Crippen molar-refractivity contribution in [1.29, 1.82) is 0 Å². The SMILES string of the molecule is C[C@@]1(C(=O)N2OCC[C@H]2c2ccc(F)cc2)CCOC1. The van der Waals surface area contributed by atoms with Crippen LogP contribution in [-0.2, 0) is 14.4 Å². The van der Waals surface area contributed by atoms with Gasteiger partial charge in [-0.15, -0.1) is 0 Å². The first kappa shape index (κ1) is 13.5. The Kier molecular flexibility index (Phi) is 3.48. The zero-order chi connectivity index (χ0) is 14.2. The molecule has 2 saturated heterocycles. The Bertz CT molecular complexity index is 496. The molecule has 0 saturated carbocycles. The molecule has 3 rings (SSSR count). The molecule has 0 radical (unpaired) electrons. The molecule has 5 heteroatoms. The fourth-order valence-electron chi connectivity index (χ4n) is 2.76. The average molecular weight is 279 g/mol. The third-order valence-corrected chi connectivity index (χ3v) is 4.09. The van der Waals surface area contributed by atoms with Crippen molar-refractivity contribution in [1.82, 2.24) is 5.06 Å². The van der Waals surface area contributed by atoms with Gasteiger partial charge < -0.3 is 4.74 Å². The number of hydrogen-bond acceptors (Lipinski definition) is 3. The van der Waals surface area contributed by atoms with Gasteiger partial charge in [-0.2, -0.15) is 0 Å². The van der Waals surface area contributed by atoms with Crippen LogP contribution in [0.15, 0.2) is 24.3 Å². The maximum Gasteiger partial charge on any atom is 0.255 e. The normalized spacial score (nSPS) is 29.9. The third kappa shape index (κ3) is 2.31. The summed E-state index contributed by atoms with van der Waals surface area (Å²) >= 11 is 0. The van der Waals surface area contributed by atoms with E-state index in [1.165, 1.54) is 17.2 Å². The second-order valence-corrected chi connectivity index (χ2v) is 5.68. The molecule has 2 aliphatic rings. The Morgan fingerprint density at radius 3 is 2.75 bits per heavy atom. The molecule has 4 nitrogen and oxygen atoms in total. The Morgan fingerprint density at radius 2 is 2.10 bits per heavy atom. The molecule has 2 heterocycles. The molecule has 20 heavy (non-hydrogen) atoms. The molecule has 1 aromatic rings. The van der Waals surface area contributed by atoms with Gasteiger partial charge in [0.05, 0.1) is 24.7 Å². The number of rotatable bonds is 2. The minimum atomic E-state index is -0.511. The van der Waals surface area contributed by atoms with Crippen LogP contribution in [0.1, 0.15) is 31.4 Å². The molecular weight excluding hydrogens is 261 g/mol. The van der Waals surface area contributed by atoms with Crippen molar-refractivity contribution >= 4 is 5.91 Å². The van der Waals surface area contributed by atoms with Crippen molar-refractivity contribution in [2.75, 3.05) is 19.8 Å². The lowest BCUT2D eigenvalue weighted by Crippen LogP contribution is -2.41. The van der Waals surface area contributed by atoms with E-state index in [1.807, 2.05) is 6.92 Å². The molecule has 2 fully saturated rings. The lowest BCUT2D eigenvalue weighted by molar-refractivity contribution is -0.187. The molecular formula is C15H18FNO3. The number of hydroxylamine groups is 2. The molecule has 2 aliphatic heterocycles. The first-order chi connectivity index (χ1) is 9.60. The monoisotopic (exact) mass is 279 g/mol. The second kappa shape index (κ2) is 5.14. The maximum absolute atomic E-state index is 13.0. The molecule has 0 bridgehead atoms. The first-order valence-corrected chi connectivity index (χ1v) is 6.90. The first-order valence-electron chi connectivity index (χ1n) is 6.90. The number of benzene rings is 1. The van der Waals surface area contributed by atoms with Gasteiger partial charge in [0, 0.05) is 13.0 Å². The van der Waals surface area contributed by atoms with Gasteiger partial charge in [0.25, 0.3) is 5.91 Å². The highest BCUT2D eigenvalue weighted by atomic mass is 19.1. The lowest BCUT2D eigenvalue weighted by atomic mass is 9.88. The van der Waals surface area contributed by atoms with Crippen molar-refractivity contribution in [2.45, 2.75) is 25.8 Å². The summed E-state index contributed by atoms with van der Waals surface area (Å²) in [5.41, 5.74) is 0.391. The Labute approximate surface area is 117 Å². The summed E-state index contributed by atoms with van der Waals surface area (Å²) in [6.07, 6.45) is 1.44. The van der Waals surface area contributed by atoms with E-state index < -0.39 is 5.41 Å². The van der Waals surface area contributed by atoms with Crippen LogP contribution >= 0.6 is 0 Å². The van der Waals surface area contributed by atoms with Gasteiger partial charge in [0.1, 0.15) is 5.82 Å². The summed E-state index contributed by atoms with van der Waals surface area (Å²) in [5, 5.41) is 1.46. The van der Waals surface area contributed by atoms with Gasteiger partial charge in [-0.1, -0.05) is 12.1 Å². The minimum Gasteiger partial charge on any atom is -0.380 e. The van der Waals surface area contributed by atoms with Gasteiger partial charge in [-0.25, -0.2) is 9.45 Å². The molecule has 0 aliphatic carbocycles. The van der Waals surface area contributed by atoms with Crippen LogP contribution in [0.2, 0.25) is 0 Å². The Hall–Kier alpha value is -1.46. The molecule has 0 unspecified atom stereocenters. The number of halogens is 1. The van der Waals surface area contributed by atoms with E-state index in [-0.39, 0.29) is 17.8 Å². The highest BCUT2D eigenvalue weighted by molar-refractivity contribution is 5.82. The topological polar surface area (TPSA) is 38.8 Å². The number of carbonyl (C=O) groups is 1. The van der Waals surface area contributed by atoms with Crippen molar-refractivity contribution in [3.63, 3.8) is 0 Å². The van der Waals surface area contributed by atoms with Crippen molar-refractivity contribution in [3.05, 3.63) is 35.6 Å². The molecule has 0 aromatic heterocycles. The summed E-state index contributed by atoms with van der Waals surface area (Å²) in [5.74, 6) is -0.316. The van der Waals surface area contributed by atoms with Crippen LogP contribution in [-0.4, -0.2) is 30.8 Å². The maximum atomic E-state index is 13.0. The number of ether oxygens (including phenoxy) is 1. The molecule has 0 N–H and O–H groups in total. The largest absolute Gasteiger partial charge is 0.380 e. The molecule has 1 amide bonds. The van der Waals surface area contributed by atoms with Crippen molar-refractivity contribution < 1.29 is 18.8 Å². The van der Waals surface area contributed by atoms with Crippen LogP contribution in [0, 0.1) is 11.2 Å². The van der Waals surface area contributed by atoms with E-state index in [9.17, 15) is 9.18 Å². The number of hydrogen-bond donors (Lipinski definition) is 0. The van der Waals surface area contributed by atoms with E-state index in [0.29, 0.717) is 26.2 Å². The fraction of sp³-hybridized carbons (Fsp3) is 0.533. The highest BCUT2D eigenvalue weighted by Crippen LogP contribution is 2.37. The summed E-state index contributed by atoms with van der Waals surface area (Å²) in [4.78, 5) is 18.2. The number of amides is 1. The number of nitrogens with zero attached hydrogens (tertiary/aromatic N) is 1. The van der Waals surface area contributed by atoms with E-state index in [2.05, 4.69) is 0 Å². The Balaban J connectivity index is 1.81. The van der Waals surface area contributed by atoms with Crippen LogP contribution in [0.4, 0.5) is 4.39 Å².